The molecule has 0 aromatic heterocycles. The smallest absolute Gasteiger partial charge is 0.135 e. The lowest BCUT2D eigenvalue weighted by Crippen LogP contribution is -2.13. The Morgan fingerprint density at radius 2 is 1.12 bits per heavy atom. The Labute approximate surface area is 150 Å². The summed E-state index contributed by atoms with van der Waals surface area (Å²) >= 11 is 0. The maximum Gasteiger partial charge on any atom is 0.135 e. The van der Waals surface area contributed by atoms with E-state index in [0.29, 0.717) is 13.0 Å². The minimum absolute atomic E-state index is 0.0440. The average molecular weight is 342 g/mol. The van der Waals surface area contributed by atoms with Crippen molar-refractivity contribution in [3.8, 4) is 0 Å². The summed E-state index contributed by atoms with van der Waals surface area (Å²) < 4.78 is 0. The van der Waals surface area contributed by atoms with Crippen LogP contribution in [0.2, 0.25) is 0 Å². The number of aliphatic hydroxyl groups is 2. The first kappa shape index (κ1) is 23.6. The molecule has 1 radical (unpaired) electrons. The normalized spacial score (nSPS) is 12.5. The molecule has 3 nitrogen and oxygen atoms in total. The van der Waals surface area contributed by atoms with Crippen LogP contribution < -0.4 is 0 Å². The molecule has 0 saturated carbocycles. The maximum absolute atomic E-state index is 11.5. The molecule has 143 valence electrons. The van der Waals surface area contributed by atoms with Gasteiger partial charge in [0.1, 0.15) is 12.4 Å². The minimum atomic E-state index is -0.992. The van der Waals surface area contributed by atoms with Gasteiger partial charge in [-0.1, -0.05) is 96.8 Å². The van der Waals surface area contributed by atoms with Gasteiger partial charge in [-0.3, -0.25) is 4.79 Å². The molecule has 0 aromatic carbocycles. The predicted octanol–water partition coefficient (Wildman–Crippen LogP) is 6.10. The molecule has 24 heavy (non-hydrogen) atoms. The highest BCUT2D eigenvalue weighted by Crippen LogP contribution is 2.14. The van der Waals surface area contributed by atoms with E-state index in [2.05, 4.69) is 6.92 Å². The molecule has 1 unspecified atom stereocenters. The van der Waals surface area contributed by atoms with E-state index in [1.54, 1.807) is 0 Å². The summed E-state index contributed by atoms with van der Waals surface area (Å²) in [5.74, 6) is 0.0440. The number of carbonyl (C=O) groups excluding carboxylic acids is 1. The molecule has 1 atom stereocenters. The van der Waals surface area contributed by atoms with Crippen molar-refractivity contribution in [1.29, 1.82) is 0 Å². The van der Waals surface area contributed by atoms with Crippen molar-refractivity contribution < 1.29 is 15.0 Å². The highest BCUT2D eigenvalue weighted by Gasteiger charge is 2.09. The molecule has 3 heteroatoms. The number of unbranched alkanes of at least 4 members (excludes halogenated alkanes) is 14. The largest absolute Gasteiger partial charge is 0.390 e. The van der Waals surface area contributed by atoms with Crippen LogP contribution in [0, 0.1) is 6.61 Å². The third-order valence-electron chi connectivity index (χ3n) is 4.67. The maximum atomic E-state index is 11.5. The molecule has 0 aliphatic heterocycles. The molecule has 0 rings (SSSR count). The van der Waals surface area contributed by atoms with E-state index >= 15 is 0 Å². The van der Waals surface area contributed by atoms with Crippen LogP contribution in [-0.4, -0.2) is 22.1 Å². The Morgan fingerprint density at radius 1 is 0.750 bits per heavy atom. The summed E-state index contributed by atoms with van der Waals surface area (Å²) in [6.45, 7) is 2.95. The number of carbonyl (C=O) groups is 1. The molecular weight excluding hydrogens is 300 g/mol. The van der Waals surface area contributed by atoms with E-state index in [4.69, 9.17) is 10.2 Å². The fraction of sp³-hybridized carbons (Fsp3) is 0.905. The topological polar surface area (TPSA) is 57.5 Å². The highest BCUT2D eigenvalue weighted by atomic mass is 16.3. The second-order valence-corrected chi connectivity index (χ2v) is 7.16. The molecule has 0 saturated heterocycles. The molecule has 0 spiro atoms. The summed E-state index contributed by atoms with van der Waals surface area (Å²) in [5.41, 5.74) is 0. The number of ketones is 1. The quantitative estimate of drug-likeness (QED) is 0.279. The van der Waals surface area contributed by atoms with Gasteiger partial charge in [-0.25, -0.2) is 0 Å². The van der Waals surface area contributed by atoms with Crippen LogP contribution >= 0.6 is 0 Å². The van der Waals surface area contributed by atoms with E-state index in [-0.39, 0.29) is 12.2 Å². The van der Waals surface area contributed by atoms with Crippen molar-refractivity contribution in [3.63, 3.8) is 0 Å². The van der Waals surface area contributed by atoms with E-state index < -0.39 is 6.10 Å². The lowest BCUT2D eigenvalue weighted by atomic mass is 10.0. The van der Waals surface area contributed by atoms with E-state index in [0.717, 1.165) is 12.8 Å². The molecule has 0 amide bonds. The van der Waals surface area contributed by atoms with Gasteiger partial charge in [0.15, 0.2) is 0 Å². The predicted molar refractivity (Wildman–Crippen MR) is 101 cm³/mol. The fourth-order valence-corrected chi connectivity index (χ4v) is 3.08. The van der Waals surface area contributed by atoms with Crippen molar-refractivity contribution >= 4 is 5.78 Å². The Hall–Kier alpha value is -0.410. The summed E-state index contributed by atoms with van der Waals surface area (Å²) in [6, 6.07) is 0. The summed E-state index contributed by atoms with van der Waals surface area (Å²) in [4.78, 5) is 11.5. The second kappa shape index (κ2) is 18.9. The summed E-state index contributed by atoms with van der Waals surface area (Å²) in [7, 11) is 0. The standard InChI is InChI=1S/C21H41O3/c1-2-3-4-5-6-7-8-9-10-11-12-13-14-15-16-17-20(23)18-21(24)19-22/h19,21-22,24H,2-18H2,1H3. The first-order chi connectivity index (χ1) is 11.7. The van der Waals surface area contributed by atoms with Gasteiger partial charge < -0.3 is 10.2 Å². The zero-order chi connectivity index (χ0) is 17.9. The van der Waals surface area contributed by atoms with Crippen molar-refractivity contribution in [2.24, 2.45) is 0 Å². The van der Waals surface area contributed by atoms with Crippen molar-refractivity contribution in [2.75, 3.05) is 0 Å². The molecule has 0 heterocycles. The van der Waals surface area contributed by atoms with Gasteiger partial charge in [-0.15, -0.1) is 0 Å². The Kier molecular flexibility index (Phi) is 18.6. The van der Waals surface area contributed by atoms with Gasteiger partial charge >= 0.3 is 0 Å². The average Bonchev–Trinajstić information content (AvgIpc) is 2.58. The number of hydrogen-bond donors (Lipinski definition) is 2. The number of aliphatic hydroxyl groups excluding tert-OH is 2. The Bertz CT molecular complexity index is 266. The van der Waals surface area contributed by atoms with Gasteiger partial charge in [0.2, 0.25) is 0 Å². The van der Waals surface area contributed by atoms with Gasteiger partial charge in [0.05, 0.1) is 6.10 Å². The first-order valence-corrected chi connectivity index (χ1v) is 10.4. The van der Waals surface area contributed by atoms with Crippen LogP contribution in [-0.2, 0) is 4.79 Å². The zero-order valence-electron chi connectivity index (χ0n) is 16.0. The van der Waals surface area contributed by atoms with Crippen LogP contribution in [0.15, 0.2) is 0 Å². The number of rotatable bonds is 19. The van der Waals surface area contributed by atoms with Crippen LogP contribution in [0.1, 0.15) is 116 Å². The number of hydrogen-bond acceptors (Lipinski definition) is 3. The third-order valence-corrected chi connectivity index (χ3v) is 4.67. The molecule has 0 aromatic rings. The van der Waals surface area contributed by atoms with E-state index in [1.165, 1.54) is 83.5 Å². The molecule has 0 fully saturated rings. The van der Waals surface area contributed by atoms with Crippen molar-refractivity contribution in [3.05, 3.63) is 6.61 Å². The Balaban J connectivity index is 3.11. The van der Waals surface area contributed by atoms with Crippen molar-refractivity contribution in [2.45, 2.75) is 122 Å². The summed E-state index contributed by atoms with van der Waals surface area (Å²) in [5, 5.41) is 17.7. The molecule has 0 bridgehead atoms. The lowest BCUT2D eigenvalue weighted by Gasteiger charge is -2.05. The molecule has 0 aliphatic rings. The monoisotopic (exact) mass is 341 g/mol. The first-order valence-electron chi connectivity index (χ1n) is 10.4. The Morgan fingerprint density at radius 3 is 1.50 bits per heavy atom. The minimum Gasteiger partial charge on any atom is -0.390 e. The SMILES string of the molecule is CCCCCCCCCCCCCCCCCC(=O)CC(O)[CH]O. The van der Waals surface area contributed by atoms with E-state index in [9.17, 15) is 4.79 Å². The third kappa shape index (κ3) is 17.9. The number of Topliss-reactive ketones (excluding diaryl/α,β-unsaturated/α-hetero) is 1. The van der Waals surface area contributed by atoms with Gasteiger partial charge in [-0.05, 0) is 6.42 Å². The zero-order valence-corrected chi connectivity index (χ0v) is 16.0. The van der Waals surface area contributed by atoms with Gasteiger partial charge in [-0.2, -0.15) is 0 Å². The molecule has 2 N–H and O–H groups in total. The fourth-order valence-electron chi connectivity index (χ4n) is 3.08. The van der Waals surface area contributed by atoms with Gasteiger partial charge in [0, 0.05) is 12.8 Å². The lowest BCUT2D eigenvalue weighted by molar-refractivity contribution is -0.121. The van der Waals surface area contributed by atoms with Crippen LogP contribution in [0.5, 0.6) is 0 Å². The van der Waals surface area contributed by atoms with Crippen LogP contribution in [0.25, 0.3) is 0 Å². The van der Waals surface area contributed by atoms with E-state index in [1.807, 2.05) is 0 Å². The summed E-state index contributed by atoms with van der Waals surface area (Å²) in [6.07, 6.45) is 19.4. The van der Waals surface area contributed by atoms with Crippen molar-refractivity contribution in [1.82, 2.24) is 0 Å². The van der Waals surface area contributed by atoms with Crippen LogP contribution in [0.3, 0.4) is 0 Å². The second-order valence-electron chi connectivity index (χ2n) is 7.16. The molecule has 0 aliphatic carbocycles. The molecular formula is C21H41O3. The highest BCUT2D eigenvalue weighted by molar-refractivity contribution is 5.78. The van der Waals surface area contributed by atoms with Crippen LogP contribution in [0.4, 0.5) is 0 Å². The van der Waals surface area contributed by atoms with Gasteiger partial charge in [0.25, 0.3) is 0 Å².